The van der Waals surface area contributed by atoms with E-state index in [1.54, 1.807) is 30.3 Å². The fourth-order valence-corrected chi connectivity index (χ4v) is 1.73. The van der Waals surface area contributed by atoms with Gasteiger partial charge in [-0.05, 0) is 24.3 Å². The van der Waals surface area contributed by atoms with Gasteiger partial charge in [0, 0.05) is 12.6 Å². The van der Waals surface area contributed by atoms with E-state index in [9.17, 15) is 9.59 Å². The maximum Gasteiger partial charge on any atom is 0.338 e. The lowest BCUT2D eigenvalue weighted by Crippen LogP contribution is -2.11. The van der Waals surface area contributed by atoms with Gasteiger partial charge in [-0.1, -0.05) is 18.2 Å². The van der Waals surface area contributed by atoms with Gasteiger partial charge in [0.15, 0.2) is 0 Å². The van der Waals surface area contributed by atoms with Crippen LogP contribution in [-0.4, -0.2) is 28.6 Å². The molecule has 0 aliphatic heterocycles. The zero-order valence-corrected chi connectivity index (χ0v) is 10.7. The topological polar surface area (TPSA) is 76.5 Å². The third-order valence-corrected chi connectivity index (χ3v) is 2.70. The molecule has 5 heteroatoms. The third-order valence-electron chi connectivity index (χ3n) is 2.70. The Balaban J connectivity index is 1.94. The Labute approximate surface area is 115 Å². The highest BCUT2D eigenvalue weighted by Gasteiger charge is 2.11. The van der Waals surface area contributed by atoms with E-state index in [1.807, 2.05) is 6.07 Å². The molecule has 0 saturated heterocycles. The molecule has 5 nitrogen and oxygen atoms in total. The summed E-state index contributed by atoms with van der Waals surface area (Å²) in [6, 6.07) is 11.7. The molecule has 2 rings (SSSR count). The average molecular weight is 271 g/mol. The number of ether oxygens (including phenoxy) is 1. The summed E-state index contributed by atoms with van der Waals surface area (Å²) in [6.45, 7) is 0.0883. The smallest absolute Gasteiger partial charge is 0.338 e. The minimum Gasteiger partial charge on any atom is -0.478 e. The molecular formula is C15H13NO4. The molecule has 0 saturated carbocycles. The largest absolute Gasteiger partial charge is 0.478 e. The summed E-state index contributed by atoms with van der Waals surface area (Å²) in [5.41, 5.74) is 0.996. The maximum absolute atomic E-state index is 11.7. The minimum absolute atomic E-state index is 0.0883. The number of carboxylic acids is 1. The lowest BCUT2D eigenvalue weighted by molar-refractivity contribution is 0.0508. The van der Waals surface area contributed by atoms with E-state index in [-0.39, 0.29) is 18.6 Å². The first-order chi connectivity index (χ1) is 9.68. The van der Waals surface area contributed by atoms with Crippen molar-refractivity contribution in [3.05, 3.63) is 65.5 Å². The number of pyridine rings is 1. The Morgan fingerprint density at radius 1 is 1.10 bits per heavy atom. The van der Waals surface area contributed by atoms with Crippen molar-refractivity contribution in [1.82, 2.24) is 4.98 Å². The summed E-state index contributed by atoms with van der Waals surface area (Å²) in [5, 5.41) is 9.00. The van der Waals surface area contributed by atoms with Gasteiger partial charge in [0.2, 0.25) is 0 Å². The molecule has 0 atom stereocenters. The first kappa shape index (κ1) is 13.7. The second-order valence-electron chi connectivity index (χ2n) is 4.05. The lowest BCUT2D eigenvalue weighted by Gasteiger charge is -2.06. The number of nitrogens with zero attached hydrogens (tertiary/aromatic N) is 1. The average Bonchev–Trinajstić information content (AvgIpc) is 2.48. The molecule has 0 fully saturated rings. The standard InChI is InChI=1S/C15H13NO4/c17-14(18)12-7-4-9-16-13(12)8-10-20-15(19)11-5-2-1-3-6-11/h1-7,9H,8,10H2,(H,17,18). The van der Waals surface area contributed by atoms with Crippen molar-refractivity contribution in [2.75, 3.05) is 6.61 Å². The molecule has 2 aromatic rings. The molecule has 1 aromatic heterocycles. The highest BCUT2D eigenvalue weighted by molar-refractivity contribution is 5.89. The van der Waals surface area contributed by atoms with Crippen LogP contribution >= 0.6 is 0 Å². The number of benzene rings is 1. The van der Waals surface area contributed by atoms with Crippen molar-refractivity contribution in [2.45, 2.75) is 6.42 Å². The van der Waals surface area contributed by atoms with Crippen LogP contribution in [0.3, 0.4) is 0 Å². The van der Waals surface area contributed by atoms with Crippen LogP contribution in [0.5, 0.6) is 0 Å². The molecule has 102 valence electrons. The molecule has 1 aromatic carbocycles. The minimum atomic E-state index is -1.04. The highest BCUT2D eigenvalue weighted by Crippen LogP contribution is 2.07. The van der Waals surface area contributed by atoms with E-state index >= 15 is 0 Å². The summed E-state index contributed by atoms with van der Waals surface area (Å²) in [5.74, 6) is -1.47. The van der Waals surface area contributed by atoms with Gasteiger partial charge < -0.3 is 9.84 Å². The molecule has 0 bridgehead atoms. The molecule has 20 heavy (non-hydrogen) atoms. The summed E-state index contributed by atoms with van der Waals surface area (Å²) in [4.78, 5) is 26.7. The van der Waals surface area contributed by atoms with Crippen LogP contribution in [0.1, 0.15) is 26.4 Å². The predicted octanol–water partition coefficient (Wildman–Crippen LogP) is 2.18. The van der Waals surface area contributed by atoms with Gasteiger partial charge in [-0.2, -0.15) is 0 Å². The van der Waals surface area contributed by atoms with E-state index in [1.165, 1.54) is 12.3 Å². The van der Waals surface area contributed by atoms with Crippen molar-refractivity contribution in [3.63, 3.8) is 0 Å². The molecule has 0 amide bonds. The Morgan fingerprint density at radius 3 is 2.55 bits per heavy atom. The Kier molecular flexibility index (Phi) is 4.44. The monoisotopic (exact) mass is 271 g/mol. The predicted molar refractivity (Wildman–Crippen MR) is 71.6 cm³/mol. The number of aromatic carboxylic acids is 1. The van der Waals surface area contributed by atoms with E-state index in [2.05, 4.69) is 4.98 Å². The Bertz CT molecular complexity index is 610. The van der Waals surface area contributed by atoms with Crippen LogP contribution in [0, 0.1) is 0 Å². The molecule has 0 radical (unpaired) electrons. The SMILES string of the molecule is O=C(OCCc1ncccc1C(=O)O)c1ccccc1. The lowest BCUT2D eigenvalue weighted by atomic mass is 10.1. The second kappa shape index (κ2) is 6.47. The molecule has 0 aliphatic carbocycles. The normalized spacial score (nSPS) is 10.0. The van der Waals surface area contributed by atoms with Crippen molar-refractivity contribution >= 4 is 11.9 Å². The van der Waals surface area contributed by atoms with Gasteiger partial charge in [-0.3, -0.25) is 4.98 Å². The van der Waals surface area contributed by atoms with Crippen LogP contribution in [0.2, 0.25) is 0 Å². The van der Waals surface area contributed by atoms with Crippen molar-refractivity contribution < 1.29 is 19.4 Å². The van der Waals surface area contributed by atoms with Crippen LogP contribution in [0.25, 0.3) is 0 Å². The zero-order chi connectivity index (χ0) is 14.4. The van der Waals surface area contributed by atoms with Gasteiger partial charge >= 0.3 is 11.9 Å². The second-order valence-corrected chi connectivity index (χ2v) is 4.05. The van der Waals surface area contributed by atoms with Gasteiger partial charge in [0.1, 0.15) is 0 Å². The molecule has 0 spiro atoms. The van der Waals surface area contributed by atoms with Gasteiger partial charge in [-0.15, -0.1) is 0 Å². The fourth-order valence-electron chi connectivity index (χ4n) is 1.73. The summed E-state index contributed by atoms with van der Waals surface area (Å²) < 4.78 is 5.09. The first-order valence-electron chi connectivity index (χ1n) is 6.08. The number of hydrogen-bond acceptors (Lipinski definition) is 4. The fraction of sp³-hybridized carbons (Fsp3) is 0.133. The van der Waals surface area contributed by atoms with Crippen LogP contribution < -0.4 is 0 Å². The maximum atomic E-state index is 11.7. The van der Waals surface area contributed by atoms with Gasteiger partial charge in [0.05, 0.1) is 23.4 Å². The number of carbonyl (C=O) groups excluding carboxylic acids is 1. The quantitative estimate of drug-likeness (QED) is 0.843. The number of esters is 1. The third kappa shape index (κ3) is 3.41. The van der Waals surface area contributed by atoms with Crippen molar-refractivity contribution in [1.29, 1.82) is 0 Å². The van der Waals surface area contributed by atoms with E-state index in [0.29, 0.717) is 11.3 Å². The number of aromatic nitrogens is 1. The highest BCUT2D eigenvalue weighted by atomic mass is 16.5. The molecule has 0 aliphatic rings. The zero-order valence-electron chi connectivity index (χ0n) is 10.7. The van der Waals surface area contributed by atoms with E-state index in [0.717, 1.165) is 0 Å². The summed E-state index contributed by atoms with van der Waals surface area (Å²) >= 11 is 0. The van der Waals surface area contributed by atoms with Crippen LogP contribution in [-0.2, 0) is 11.2 Å². The Hall–Kier alpha value is -2.69. The molecule has 1 heterocycles. The number of carbonyl (C=O) groups is 2. The number of carboxylic acid groups (broad SMARTS) is 1. The molecule has 1 N–H and O–H groups in total. The number of hydrogen-bond donors (Lipinski definition) is 1. The van der Waals surface area contributed by atoms with Crippen LogP contribution in [0.4, 0.5) is 0 Å². The molecular weight excluding hydrogens is 258 g/mol. The van der Waals surface area contributed by atoms with E-state index < -0.39 is 11.9 Å². The first-order valence-corrected chi connectivity index (χ1v) is 6.08. The molecule has 0 unspecified atom stereocenters. The van der Waals surface area contributed by atoms with E-state index in [4.69, 9.17) is 9.84 Å². The van der Waals surface area contributed by atoms with Crippen LogP contribution in [0.15, 0.2) is 48.7 Å². The summed E-state index contributed by atoms with van der Waals surface area (Å²) in [6.07, 6.45) is 1.78. The van der Waals surface area contributed by atoms with Crippen molar-refractivity contribution in [2.24, 2.45) is 0 Å². The van der Waals surface area contributed by atoms with Gasteiger partial charge in [0.25, 0.3) is 0 Å². The summed E-state index contributed by atoms with van der Waals surface area (Å²) in [7, 11) is 0. The van der Waals surface area contributed by atoms with Gasteiger partial charge in [-0.25, -0.2) is 9.59 Å². The number of rotatable bonds is 5. The Morgan fingerprint density at radius 2 is 1.85 bits per heavy atom. The van der Waals surface area contributed by atoms with Crippen molar-refractivity contribution in [3.8, 4) is 0 Å².